The maximum atomic E-state index is 12.9. The van der Waals surface area contributed by atoms with E-state index >= 15 is 0 Å². The van der Waals surface area contributed by atoms with Gasteiger partial charge in [-0.1, -0.05) is 25.1 Å². The van der Waals surface area contributed by atoms with Crippen molar-refractivity contribution in [3.8, 4) is 5.75 Å². The largest absolute Gasteiger partial charge is 0.496 e. The van der Waals surface area contributed by atoms with Gasteiger partial charge in [-0.05, 0) is 44.8 Å². The van der Waals surface area contributed by atoms with Gasteiger partial charge in [0.05, 0.1) is 25.3 Å². The quantitative estimate of drug-likeness (QED) is 0.734. The Morgan fingerprint density at radius 2 is 1.96 bits per heavy atom. The van der Waals surface area contributed by atoms with E-state index in [1.54, 1.807) is 14.0 Å². The summed E-state index contributed by atoms with van der Waals surface area (Å²) >= 11 is 0. The predicted molar refractivity (Wildman–Crippen MR) is 106 cm³/mol. The fourth-order valence-corrected chi connectivity index (χ4v) is 3.77. The normalized spacial score (nSPS) is 21.1. The molecule has 7 heteroatoms. The van der Waals surface area contributed by atoms with Crippen LogP contribution in [-0.2, 0) is 9.53 Å². The van der Waals surface area contributed by atoms with Crippen molar-refractivity contribution in [3.63, 3.8) is 0 Å². The molecule has 28 heavy (non-hydrogen) atoms. The van der Waals surface area contributed by atoms with E-state index in [4.69, 9.17) is 9.47 Å². The lowest BCUT2D eigenvalue weighted by Crippen LogP contribution is -2.49. The Balaban J connectivity index is 1.99. The minimum Gasteiger partial charge on any atom is -0.496 e. The number of amides is 2. The summed E-state index contributed by atoms with van der Waals surface area (Å²) < 4.78 is 10.8. The zero-order valence-electron chi connectivity index (χ0n) is 16.8. The second kappa shape index (κ2) is 9.10. The summed E-state index contributed by atoms with van der Waals surface area (Å²) in [6, 6.07) is 6.44. The van der Waals surface area contributed by atoms with Crippen LogP contribution in [0.1, 0.15) is 38.3 Å². The standard InChI is InChI=1S/C21H29N3O4/c1-4-28-20(25)18-16(13-24-11-9-14(2)10-12-24)22-21(26)23-19(18)15-7-5-6-8-17(15)27-3/h5-8,14,19H,4,9-13H2,1-3H3,(H2,22,23,26)/t19-/m1/s1. The van der Waals surface area contributed by atoms with Gasteiger partial charge in [-0.2, -0.15) is 0 Å². The van der Waals surface area contributed by atoms with E-state index in [0.29, 0.717) is 29.5 Å². The van der Waals surface area contributed by atoms with Crippen molar-refractivity contribution in [3.05, 3.63) is 41.1 Å². The van der Waals surface area contributed by atoms with Crippen molar-refractivity contribution in [2.75, 3.05) is 33.4 Å². The Morgan fingerprint density at radius 3 is 2.64 bits per heavy atom. The van der Waals surface area contributed by atoms with E-state index < -0.39 is 12.0 Å². The average molecular weight is 387 g/mol. The van der Waals surface area contributed by atoms with E-state index in [1.165, 1.54) is 0 Å². The van der Waals surface area contributed by atoms with Gasteiger partial charge in [0.1, 0.15) is 5.75 Å². The number of methoxy groups -OCH3 is 1. The van der Waals surface area contributed by atoms with Crippen LogP contribution in [0, 0.1) is 5.92 Å². The van der Waals surface area contributed by atoms with Crippen molar-refractivity contribution in [2.45, 2.75) is 32.7 Å². The summed E-state index contributed by atoms with van der Waals surface area (Å²) in [5.74, 6) is 0.896. The number of benzene rings is 1. The lowest BCUT2D eigenvalue weighted by atomic mass is 9.93. The summed E-state index contributed by atoms with van der Waals surface area (Å²) in [5.41, 5.74) is 1.77. The van der Waals surface area contributed by atoms with Gasteiger partial charge in [-0.15, -0.1) is 0 Å². The first-order chi connectivity index (χ1) is 13.5. The number of rotatable bonds is 6. The third-order valence-electron chi connectivity index (χ3n) is 5.36. The molecule has 0 saturated carbocycles. The number of urea groups is 1. The number of nitrogens with zero attached hydrogens (tertiary/aromatic N) is 1. The molecule has 1 atom stereocenters. The Bertz CT molecular complexity index is 754. The third-order valence-corrected chi connectivity index (χ3v) is 5.36. The van der Waals surface area contributed by atoms with E-state index in [1.807, 2.05) is 24.3 Å². The van der Waals surface area contributed by atoms with E-state index in [-0.39, 0.29) is 12.6 Å². The van der Waals surface area contributed by atoms with E-state index in [0.717, 1.165) is 31.5 Å². The molecule has 0 spiro atoms. The van der Waals surface area contributed by atoms with Crippen LogP contribution in [0.3, 0.4) is 0 Å². The summed E-state index contributed by atoms with van der Waals surface area (Å²) in [7, 11) is 1.57. The van der Waals surface area contributed by atoms with Gasteiger partial charge in [0.25, 0.3) is 0 Å². The summed E-state index contributed by atoms with van der Waals surface area (Å²) in [4.78, 5) is 27.5. The predicted octanol–water partition coefficient (Wildman–Crippen LogP) is 2.60. The highest BCUT2D eigenvalue weighted by Gasteiger charge is 2.35. The van der Waals surface area contributed by atoms with E-state index in [9.17, 15) is 9.59 Å². The number of carbonyl (C=O) groups excluding carboxylic acids is 2. The highest BCUT2D eigenvalue weighted by molar-refractivity contribution is 5.95. The number of nitrogens with one attached hydrogen (secondary N) is 2. The summed E-state index contributed by atoms with van der Waals surface area (Å²) in [6.07, 6.45) is 2.23. The first kappa shape index (κ1) is 20.2. The Labute approximate surface area is 166 Å². The van der Waals surface area contributed by atoms with Crippen LogP contribution >= 0.6 is 0 Å². The fraction of sp³-hybridized carbons (Fsp3) is 0.524. The van der Waals surface area contributed by atoms with Crippen LogP contribution < -0.4 is 15.4 Å². The first-order valence-electron chi connectivity index (χ1n) is 9.86. The van der Waals surface area contributed by atoms with Crippen LogP contribution in [-0.4, -0.2) is 50.3 Å². The highest BCUT2D eigenvalue weighted by atomic mass is 16.5. The van der Waals surface area contributed by atoms with Crippen LogP contribution in [0.25, 0.3) is 0 Å². The molecule has 1 aromatic carbocycles. The SMILES string of the molecule is CCOC(=O)C1=C(CN2CCC(C)CC2)NC(=O)N[C@@H]1c1ccccc1OC. The van der Waals surface area contributed by atoms with Crippen molar-refractivity contribution in [2.24, 2.45) is 5.92 Å². The lowest BCUT2D eigenvalue weighted by molar-refractivity contribution is -0.139. The molecule has 2 N–H and O–H groups in total. The molecular formula is C21H29N3O4. The molecule has 2 heterocycles. The fourth-order valence-electron chi connectivity index (χ4n) is 3.77. The topological polar surface area (TPSA) is 79.9 Å². The molecule has 1 aromatic rings. The minimum atomic E-state index is -0.623. The molecule has 0 aliphatic carbocycles. The third kappa shape index (κ3) is 4.47. The number of hydrogen-bond donors (Lipinski definition) is 2. The monoisotopic (exact) mass is 387 g/mol. The average Bonchev–Trinajstić information content (AvgIpc) is 2.69. The molecule has 1 fully saturated rings. The molecule has 2 aliphatic rings. The highest BCUT2D eigenvalue weighted by Crippen LogP contribution is 2.34. The molecule has 2 amide bonds. The number of carbonyl (C=O) groups is 2. The van der Waals surface area contributed by atoms with Gasteiger partial charge in [-0.25, -0.2) is 9.59 Å². The molecule has 2 aliphatic heterocycles. The summed E-state index contributed by atoms with van der Waals surface area (Å²) in [6.45, 7) is 6.71. The molecule has 0 unspecified atom stereocenters. The number of esters is 1. The molecule has 152 valence electrons. The molecule has 0 aromatic heterocycles. The molecule has 0 bridgehead atoms. The first-order valence-corrected chi connectivity index (χ1v) is 9.86. The van der Waals surface area contributed by atoms with Gasteiger partial charge in [-0.3, -0.25) is 4.90 Å². The van der Waals surface area contributed by atoms with Crippen LogP contribution in [0.4, 0.5) is 4.79 Å². The van der Waals surface area contributed by atoms with Crippen LogP contribution in [0.2, 0.25) is 0 Å². The van der Waals surface area contributed by atoms with Crippen LogP contribution in [0.15, 0.2) is 35.5 Å². The van der Waals surface area contributed by atoms with Crippen molar-refractivity contribution < 1.29 is 19.1 Å². The summed E-state index contributed by atoms with van der Waals surface area (Å²) in [5, 5.41) is 5.71. The second-order valence-electron chi connectivity index (χ2n) is 7.34. The Kier molecular flexibility index (Phi) is 6.57. The molecule has 0 radical (unpaired) electrons. The molecule has 1 saturated heterocycles. The molecule has 7 nitrogen and oxygen atoms in total. The zero-order chi connectivity index (χ0) is 20.1. The van der Waals surface area contributed by atoms with E-state index in [2.05, 4.69) is 22.5 Å². The maximum Gasteiger partial charge on any atom is 0.338 e. The second-order valence-corrected chi connectivity index (χ2v) is 7.34. The number of ether oxygens (including phenoxy) is 2. The van der Waals surface area contributed by atoms with Gasteiger partial charge in [0.15, 0.2) is 0 Å². The van der Waals surface area contributed by atoms with Gasteiger partial charge >= 0.3 is 12.0 Å². The van der Waals surface area contributed by atoms with Crippen molar-refractivity contribution >= 4 is 12.0 Å². The van der Waals surface area contributed by atoms with Crippen molar-refractivity contribution in [1.29, 1.82) is 0 Å². The van der Waals surface area contributed by atoms with Crippen LogP contribution in [0.5, 0.6) is 5.75 Å². The van der Waals surface area contributed by atoms with Gasteiger partial charge < -0.3 is 20.1 Å². The molecule has 3 rings (SSSR count). The van der Waals surface area contributed by atoms with Crippen molar-refractivity contribution in [1.82, 2.24) is 15.5 Å². The number of para-hydroxylation sites is 1. The molecular weight excluding hydrogens is 358 g/mol. The number of hydrogen-bond acceptors (Lipinski definition) is 5. The zero-order valence-corrected chi connectivity index (χ0v) is 16.8. The minimum absolute atomic E-state index is 0.267. The van der Waals surface area contributed by atoms with Gasteiger partial charge in [0, 0.05) is 17.8 Å². The number of likely N-dealkylation sites (tertiary alicyclic amines) is 1. The Hall–Kier alpha value is -2.54. The maximum absolute atomic E-state index is 12.9. The number of piperidine rings is 1. The lowest BCUT2D eigenvalue weighted by Gasteiger charge is -2.35. The Morgan fingerprint density at radius 1 is 1.25 bits per heavy atom. The smallest absolute Gasteiger partial charge is 0.338 e. The van der Waals surface area contributed by atoms with Gasteiger partial charge in [0.2, 0.25) is 0 Å².